The number of hydrazine groups is 1. The van der Waals surface area contributed by atoms with Gasteiger partial charge in [-0.25, -0.2) is 9.91 Å². The van der Waals surface area contributed by atoms with Crippen molar-refractivity contribution in [3.63, 3.8) is 0 Å². The molecular formula is C23H22ClN3O6. The number of carbonyl (C=O) groups excluding carboxylic acids is 4. The Morgan fingerprint density at radius 3 is 2.45 bits per heavy atom. The molecule has 10 heteroatoms. The van der Waals surface area contributed by atoms with Gasteiger partial charge >= 0.3 is 0 Å². The summed E-state index contributed by atoms with van der Waals surface area (Å²) in [5.41, 5.74) is 2.60. The number of hydrogen-bond acceptors (Lipinski definition) is 6. The molecule has 1 heterocycles. The first-order chi connectivity index (χ1) is 15.8. The zero-order valence-electron chi connectivity index (χ0n) is 18.0. The number of carbonyl (C=O) groups is 4. The molecule has 1 fully saturated rings. The molecule has 0 aromatic heterocycles. The maximum atomic E-state index is 13.1. The average Bonchev–Trinajstić information content (AvgIpc) is 3.10. The number of ether oxygens (including phenoxy) is 2. The lowest BCUT2D eigenvalue weighted by Crippen LogP contribution is -2.55. The highest BCUT2D eigenvalue weighted by Gasteiger charge is 2.45. The molecule has 0 aliphatic carbocycles. The summed E-state index contributed by atoms with van der Waals surface area (Å²) in [5, 5.41) is 1.06. The summed E-state index contributed by atoms with van der Waals surface area (Å²) in [7, 11) is 1.53. The molecule has 33 heavy (non-hydrogen) atoms. The third-order valence-electron chi connectivity index (χ3n) is 4.75. The van der Waals surface area contributed by atoms with E-state index >= 15 is 0 Å². The number of allylic oxidation sites excluding steroid dienone is 1. The molecular weight excluding hydrogens is 450 g/mol. The summed E-state index contributed by atoms with van der Waals surface area (Å²) in [5.74, 6) is -1.53. The second-order valence-electron chi connectivity index (χ2n) is 6.95. The van der Waals surface area contributed by atoms with E-state index in [-0.39, 0.29) is 17.1 Å². The van der Waals surface area contributed by atoms with Crippen LogP contribution in [0, 0.1) is 0 Å². The number of imide groups is 1. The van der Waals surface area contributed by atoms with Gasteiger partial charge in [-0.3, -0.25) is 24.6 Å². The van der Waals surface area contributed by atoms with Crippen LogP contribution in [0.1, 0.15) is 13.3 Å². The molecule has 0 radical (unpaired) electrons. The van der Waals surface area contributed by atoms with Gasteiger partial charge in [-0.2, -0.15) is 0 Å². The van der Waals surface area contributed by atoms with Crippen LogP contribution in [0.2, 0.25) is 5.02 Å². The highest BCUT2D eigenvalue weighted by atomic mass is 35.5. The molecule has 1 unspecified atom stereocenters. The second-order valence-corrected chi connectivity index (χ2v) is 7.35. The van der Waals surface area contributed by atoms with Crippen molar-refractivity contribution in [2.75, 3.05) is 18.6 Å². The molecule has 1 atom stereocenters. The lowest BCUT2D eigenvalue weighted by atomic mass is 10.2. The normalized spacial score (nSPS) is 15.6. The highest BCUT2D eigenvalue weighted by Crippen LogP contribution is 2.31. The Morgan fingerprint density at radius 2 is 1.82 bits per heavy atom. The van der Waals surface area contributed by atoms with Crippen molar-refractivity contribution < 1.29 is 28.7 Å². The van der Waals surface area contributed by atoms with Crippen molar-refractivity contribution in [2.45, 2.75) is 19.4 Å². The largest absolute Gasteiger partial charge is 0.497 e. The van der Waals surface area contributed by atoms with Gasteiger partial charge in [-0.15, -0.1) is 0 Å². The van der Waals surface area contributed by atoms with Gasteiger partial charge in [0, 0.05) is 6.08 Å². The first-order valence-corrected chi connectivity index (χ1v) is 10.4. The van der Waals surface area contributed by atoms with E-state index in [1.54, 1.807) is 49.4 Å². The number of para-hydroxylation sites is 1. The Kier molecular flexibility index (Phi) is 7.68. The number of rotatable bonds is 7. The average molecular weight is 472 g/mol. The summed E-state index contributed by atoms with van der Waals surface area (Å²) >= 11 is 6.15. The quantitative estimate of drug-likeness (QED) is 0.378. The summed E-state index contributed by atoms with van der Waals surface area (Å²) in [6.07, 6.45) is 2.33. The minimum absolute atomic E-state index is 0.211. The van der Waals surface area contributed by atoms with E-state index in [9.17, 15) is 19.2 Å². The van der Waals surface area contributed by atoms with E-state index in [2.05, 4.69) is 5.43 Å². The number of benzene rings is 2. The fourth-order valence-corrected chi connectivity index (χ4v) is 3.42. The molecule has 1 saturated heterocycles. The molecule has 1 aliphatic heterocycles. The topological polar surface area (TPSA) is 105 Å². The summed E-state index contributed by atoms with van der Waals surface area (Å²) < 4.78 is 10.5. The summed E-state index contributed by atoms with van der Waals surface area (Å²) in [4.78, 5) is 51.8. The van der Waals surface area contributed by atoms with E-state index in [0.29, 0.717) is 11.5 Å². The van der Waals surface area contributed by atoms with Crippen LogP contribution < -0.4 is 19.8 Å². The van der Waals surface area contributed by atoms with E-state index in [1.165, 1.54) is 25.3 Å². The monoisotopic (exact) mass is 471 g/mol. The van der Waals surface area contributed by atoms with Crippen molar-refractivity contribution >= 4 is 40.9 Å². The molecule has 1 N–H and O–H groups in total. The number of nitrogens with zero attached hydrogens (tertiary/aromatic N) is 2. The van der Waals surface area contributed by atoms with Gasteiger partial charge in [-0.05, 0) is 43.3 Å². The van der Waals surface area contributed by atoms with E-state index in [1.807, 2.05) is 0 Å². The maximum absolute atomic E-state index is 13.1. The molecule has 0 bridgehead atoms. The van der Waals surface area contributed by atoms with Gasteiger partial charge in [0.05, 0.1) is 24.2 Å². The van der Waals surface area contributed by atoms with Gasteiger partial charge in [0.25, 0.3) is 17.7 Å². The first kappa shape index (κ1) is 23.8. The minimum Gasteiger partial charge on any atom is -0.497 e. The predicted molar refractivity (Wildman–Crippen MR) is 121 cm³/mol. The van der Waals surface area contributed by atoms with Crippen LogP contribution in [-0.2, 0) is 19.2 Å². The van der Waals surface area contributed by atoms with Crippen LogP contribution in [0.5, 0.6) is 11.5 Å². The number of methoxy groups -OCH3 is 1. The van der Waals surface area contributed by atoms with Crippen LogP contribution in [0.25, 0.3) is 0 Å². The SMILES string of the molecule is CC=CC(=O)N(NC(=O)COc1ccc(OC)cc1)C1CC(=O)N(c2ccccc2Cl)C1=O. The zero-order valence-corrected chi connectivity index (χ0v) is 18.7. The first-order valence-electron chi connectivity index (χ1n) is 9.99. The predicted octanol–water partition coefficient (Wildman–Crippen LogP) is 2.50. The maximum Gasteiger partial charge on any atom is 0.276 e. The Labute approximate surface area is 195 Å². The van der Waals surface area contributed by atoms with E-state index < -0.39 is 36.3 Å². The van der Waals surface area contributed by atoms with Gasteiger partial charge in [0.1, 0.15) is 17.5 Å². The van der Waals surface area contributed by atoms with Crippen LogP contribution in [0.4, 0.5) is 5.69 Å². The fourth-order valence-electron chi connectivity index (χ4n) is 3.20. The van der Waals surface area contributed by atoms with Crippen molar-refractivity contribution in [3.8, 4) is 11.5 Å². The number of halogens is 1. The van der Waals surface area contributed by atoms with Crippen molar-refractivity contribution in [2.24, 2.45) is 0 Å². The van der Waals surface area contributed by atoms with Crippen LogP contribution in [0.15, 0.2) is 60.7 Å². The van der Waals surface area contributed by atoms with Crippen molar-refractivity contribution in [1.82, 2.24) is 10.4 Å². The van der Waals surface area contributed by atoms with Crippen molar-refractivity contribution in [3.05, 3.63) is 65.7 Å². The Hall–Kier alpha value is -3.85. The smallest absolute Gasteiger partial charge is 0.276 e. The zero-order chi connectivity index (χ0) is 24.0. The Morgan fingerprint density at radius 1 is 1.15 bits per heavy atom. The molecule has 2 aromatic carbocycles. The molecule has 2 aromatic rings. The molecule has 0 saturated carbocycles. The Bertz CT molecular complexity index is 1090. The van der Waals surface area contributed by atoms with Crippen LogP contribution >= 0.6 is 11.6 Å². The molecule has 9 nitrogen and oxygen atoms in total. The van der Waals surface area contributed by atoms with E-state index in [0.717, 1.165) is 9.91 Å². The molecule has 3 rings (SSSR count). The molecule has 4 amide bonds. The fraction of sp³-hybridized carbons (Fsp3) is 0.217. The Balaban J connectivity index is 1.74. The molecule has 172 valence electrons. The van der Waals surface area contributed by atoms with Gasteiger partial charge < -0.3 is 9.47 Å². The van der Waals surface area contributed by atoms with Gasteiger partial charge in [-0.1, -0.05) is 29.8 Å². The third kappa shape index (κ3) is 5.50. The van der Waals surface area contributed by atoms with E-state index in [4.69, 9.17) is 21.1 Å². The van der Waals surface area contributed by atoms with Crippen molar-refractivity contribution in [1.29, 1.82) is 0 Å². The van der Waals surface area contributed by atoms with Crippen LogP contribution in [-0.4, -0.2) is 48.4 Å². The van der Waals surface area contributed by atoms with Crippen LogP contribution in [0.3, 0.4) is 0 Å². The number of hydrogen-bond donors (Lipinski definition) is 1. The molecule has 1 aliphatic rings. The number of amides is 4. The highest BCUT2D eigenvalue weighted by molar-refractivity contribution is 6.36. The summed E-state index contributed by atoms with van der Waals surface area (Å²) in [6, 6.07) is 11.7. The van der Waals surface area contributed by atoms with Gasteiger partial charge in [0.15, 0.2) is 6.61 Å². The lowest BCUT2D eigenvalue weighted by Gasteiger charge is -2.27. The minimum atomic E-state index is -1.23. The number of nitrogens with one attached hydrogen (secondary N) is 1. The molecule has 0 spiro atoms. The second kappa shape index (κ2) is 10.6. The standard InChI is InChI=1S/C23H22ClN3O6/c1-3-6-21(29)27(25-20(28)14-33-16-11-9-15(32-2)10-12-16)19-13-22(30)26(23(19)31)18-8-5-4-7-17(18)24/h3-12,19H,13-14H2,1-2H3,(H,25,28). The third-order valence-corrected chi connectivity index (χ3v) is 5.07. The number of anilines is 1. The summed E-state index contributed by atoms with van der Waals surface area (Å²) in [6.45, 7) is 1.19. The van der Waals surface area contributed by atoms with Gasteiger partial charge in [0.2, 0.25) is 5.91 Å². The lowest BCUT2D eigenvalue weighted by molar-refractivity contribution is -0.144.